The smallest absolute Gasteiger partial charge is 0.216 e. The molecule has 6 rings (SSSR count). The van der Waals surface area contributed by atoms with Crippen LogP contribution in [0.25, 0.3) is 55.1 Å². The fourth-order valence-electron chi connectivity index (χ4n) is 4.64. The number of hydrogen-bond donors (Lipinski definition) is 0. The van der Waals surface area contributed by atoms with Gasteiger partial charge in [0, 0.05) is 15.1 Å². The highest BCUT2D eigenvalue weighted by atomic mass is 16.3. The molecule has 2 nitrogen and oxygen atoms in total. The van der Waals surface area contributed by atoms with Gasteiger partial charge in [0.1, 0.15) is 18.2 Å². The minimum atomic E-state index is -2.11. The molecule has 0 saturated carbocycles. The molecule has 154 valence electrons. The van der Waals surface area contributed by atoms with E-state index >= 15 is 0 Å². The first-order chi connectivity index (χ1) is 16.8. The molecule has 0 atom stereocenters. The molecule has 2 aromatic heterocycles. The molecule has 0 aliphatic heterocycles. The van der Waals surface area contributed by atoms with Crippen LogP contribution in [0.1, 0.15) is 15.2 Å². The average molecular weight is 418 g/mol. The van der Waals surface area contributed by atoms with Crippen LogP contribution >= 0.6 is 0 Å². The second-order valence-corrected chi connectivity index (χ2v) is 8.46. The number of pyridine rings is 1. The number of nitrogens with zero attached hydrogens (tertiary/aromatic N) is 1. The average Bonchev–Trinajstić information content (AvgIpc) is 3.18. The number of fused-ring (bicyclic) bond motifs is 4. The Morgan fingerprint density at radius 1 is 0.750 bits per heavy atom. The van der Waals surface area contributed by atoms with Crippen molar-refractivity contribution in [1.82, 2.24) is 0 Å². The van der Waals surface area contributed by atoms with Gasteiger partial charge < -0.3 is 4.42 Å². The third-order valence-corrected chi connectivity index (χ3v) is 6.29. The fourth-order valence-corrected chi connectivity index (χ4v) is 4.64. The van der Waals surface area contributed by atoms with Crippen LogP contribution in [0.3, 0.4) is 0 Å². The zero-order valence-corrected chi connectivity index (χ0v) is 18.0. The lowest BCUT2D eigenvalue weighted by Gasteiger charge is -2.05. The quantitative estimate of drug-likeness (QED) is 0.266. The zero-order chi connectivity index (χ0) is 24.3. The van der Waals surface area contributed by atoms with Crippen molar-refractivity contribution in [3.05, 3.63) is 102 Å². The minimum Gasteiger partial charge on any atom is -0.456 e. The molecule has 0 aliphatic carbocycles. The van der Waals surface area contributed by atoms with Gasteiger partial charge in [0.25, 0.3) is 0 Å². The predicted octanol–water partition coefficient (Wildman–Crippen LogP) is 7.51. The van der Waals surface area contributed by atoms with E-state index < -0.39 is 6.85 Å². The van der Waals surface area contributed by atoms with E-state index in [4.69, 9.17) is 8.53 Å². The second kappa shape index (κ2) is 7.06. The van der Waals surface area contributed by atoms with Gasteiger partial charge in [0.2, 0.25) is 5.69 Å². The van der Waals surface area contributed by atoms with Gasteiger partial charge in [-0.15, -0.1) is 0 Å². The van der Waals surface area contributed by atoms with Crippen LogP contribution in [0.15, 0.2) is 95.5 Å². The summed E-state index contributed by atoms with van der Waals surface area (Å²) in [6.07, 6.45) is 2.10. The summed E-state index contributed by atoms with van der Waals surface area (Å²) in [5.41, 5.74) is 7.27. The maximum absolute atomic E-state index is 7.69. The molecule has 0 N–H and O–H groups in total. The predicted molar refractivity (Wildman–Crippen MR) is 133 cm³/mol. The molecule has 0 saturated heterocycles. The molecule has 6 aromatic rings. The number of aromatic nitrogens is 1. The fraction of sp³-hybridized carbons (Fsp3) is 0.100. The van der Waals surface area contributed by atoms with Crippen LogP contribution in [0.5, 0.6) is 0 Å². The molecule has 0 unspecified atom stereocenters. The van der Waals surface area contributed by atoms with Crippen LogP contribution in [-0.2, 0) is 7.05 Å². The summed E-state index contributed by atoms with van der Waals surface area (Å²) in [5, 5.41) is 4.44. The molecule has 0 spiro atoms. The van der Waals surface area contributed by atoms with Gasteiger partial charge in [-0.3, -0.25) is 0 Å². The third kappa shape index (κ3) is 2.99. The van der Waals surface area contributed by atoms with Gasteiger partial charge in [-0.05, 0) is 65.5 Å². The van der Waals surface area contributed by atoms with Crippen molar-refractivity contribution >= 4 is 32.7 Å². The Morgan fingerprint density at radius 3 is 2.41 bits per heavy atom. The number of rotatable bonds is 2. The Morgan fingerprint density at radius 2 is 1.59 bits per heavy atom. The normalized spacial score (nSPS) is 13.4. The van der Waals surface area contributed by atoms with E-state index in [1.165, 1.54) is 16.5 Å². The van der Waals surface area contributed by atoms with Crippen molar-refractivity contribution in [3.63, 3.8) is 0 Å². The van der Waals surface area contributed by atoms with Gasteiger partial charge in [0.05, 0.1) is 11.5 Å². The molecule has 2 heteroatoms. The summed E-state index contributed by atoms with van der Waals surface area (Å²) >= 11 is 0. The van der Waals surface area contributed by atoms with Gasteiger partial charge in [-0.1, -0.05) is 60.2 Å². The van der Waals surface area contributed by atoms with E-state index in [1.807, 2.05) is 32.2 Å². The van der Waals surface area contributed by atoms with E-state index in [2.05, 4.69) is 65.4 Å². The van der Waals surface area contributed by atoms with Crippen LogP contribution in [0.4, 0.5) is 0 Å². The van der Waals surface area contributed by atoms with Gasteiger partial charge in [-0.2, -0.15) is 0 Å². The van der Waals surface area contributed by atoms with Crippen LogP contribution < -0.4 is 4.57 Å². The van der Waals surface area contributed by atoms with Crippen molar-refractivity contribution in [2.75, 3.05) is 0 Å². The van der Waals surface area contributed by atoms with Crippen LogP contribution in [0.2, 0.25) is 0 Å². The van der Waals surface area contributed by atoms with Crippen molar-refractivity contribution in [3.8, 4) is 22.4 Å². The van der Waals surface area contributed by atoms with E-state index in [9.17, 15) is 0 Å². The van der Waals surface area contributed by atoms with E-state index in [0.29, 0.717) is 5.56 Å². The summed E-state index contributed by atoms with van der Waals surface area (Å²) in [4.78, 5) is 0. The molecule has 2 heterocycles. The Kier molecular flexibility index (Phi) is 3.49. The van der Waals surface area contributed by atoms with E-state index in [0.717, 1.165) is 44.1 Å². The highest BCUT2D eigenvalue weighted by Crippen LogP contribution is 2.35. The van der Waals surface area contributed by atoms with Crippen LogP contribution in [-0.4, -0.2) is 0 Å². The molecule has 0 radical (unpaired) electrons. The monoisotopic (exact) mass is 417 g/mol. The lowest BCUT2D eigenvalue weighted by atomic mass is 9.99. The van der Waals surface area contributed by atoms with Gasteiger partial charge in [-0.25, -0.2) is 4.57 Å². The highest BCUT2D eigenvalue weighted by Gasteiger charge is 2.18. The second-order valence-electron chi connectivity index (χ2n) is 8.46. The third-order valence-electron chi connectivity index (χ3n) is 6.29. The first-order valence-corrected chi connectivity index (χ1v) is 10.7. The Balaban J connectivity index is 1.50. The molecule has 0 aliphatic rings. The molecular weight excluding hydrogens is 390 g/mol. The Bertz CT molecular complexity index is 1750. The summed E-state index contributed by atoms with van der Waals surface area (Å²) < 4.78 is 31.5. The summed E-state index contributed by atoms with van der Waals surface area (Å²) in [6, 6.07) is 28.6. The SMILES string of the molecule is [2H]C([2H])([2H])c1ccc(-c2cc3oc4cc5cc(-c6ccccc6)ccc5cc4c3c[n+]2C)c(C)c1. The standard InChI is InChI=1S/C30H24NO/c1-19-9-12-25(20(2)13-19)28-17-30-27(18-31(28)3)26-15-23-11-10-22(21-7-5-4-6-8-21)14-24(23)16-29(26)32-30/h4-18H,1-3H3/q+1/i1D3. The van der Waals surface area contributed by atoms with Crippen molar-refractivity contribution < 1.29 is 13.1 Å². The van der Waals surface area contributed by atoms with E-state index in [1.54, 1.807) is 12.1 Å². The number of benzene rings is 4. The number of furan rings is 1. The molecular formula is C30H24NO+. The molecule has 0 amide bonds. The maximum atomic E-state index is 7.69. The first-order valence-electron chi connectivity index (χ1n) is 12.2. The van der Waals surface area contributed by atoms with Crippen molar-refractivity contribution in [2.45, 2.75) is 13.8 Å². The number of hydrogen-bond acceptors (Lipinski definition) is 1. The van der Waals surface area contributed by atoms with Gasteiger partial charge >= 0.3 is 0 Å². The zero-order valence-electron chi connectivity index (χ0n) is 21.0. The largest absolute Gasteiger partial charge is 0.456 e. The lowest BCUT2D eigenvalue weighted by Crippen LogP contribution is -2.30. The van der Waals surface area contributed by atoms with Crippen molar-refractivity contribution in [2.24, 2.45) is 7.05 Å². The maximum Gasteiger partial charge on any atom is 0.216 e. The van der Waals surface area contributed by atoms with Gasteiger partial charge in [0.15, 0.2) is 6.20 Å². The number of aryl methyl sites for hydroxylation is 3. The molecule has 0 bridgehead atoms. The summed E-state index contributed by atoms with van der Waals surface area (Å²) in [6.45, 7) is -0.166. The van der Waals surface area contributed by atoms with Crippen molar-refractivity contribution in [1.29, 1.82) is 0 Å². The Labute approximate surface area is 191 Å². The van der Waals surface area contributed by atoms with Crippen LogP contribution in [0, 0.1) is 13.8 Å². The minimum absolute atomic E-state index is 0.354. The first kappa shape index (κ1) is 15.8. The molecule has 32 heavy (non-hydrogen) atoms. The molecule has 4 aromatic carbocycles. The van der Waals surface area contributed by atoms with E-state index in [-0.39, 0.29) is 0 Å². The Hall–Kier alpha value is -3.91. The molecule has 0 fully saturated rings. The topological polar surface area (TPSA) is 17.0 Å². The summed E-state index contributed by atoms with van der Waals surface area (Å²) in [5.74, 6) is 0. The summed E-state index contributed by atoms with van der Waals surface area (Å²) in [7, 11) is 2.01. The highest BCUT2D eigenvalue weighted by molar-refractivity contribution is 6.10. The lowest BCUT2D eigenvalue weighted by molar-refractivity contribution is -0.659.